The number of fused-ring (bicyclic) bond motifs is 1. The highest BCUT2D eigenvalue weighted by Gasteiger charge is 2.22. The predicted octanol–water partition coefficient (Wildman–Crippen LogP) is 2.02. The fourth-order valence-electron chi connectivity index (χ4n) is 3.12. The molecule has 1 aromatic carbocycles. The molecule has 1 aromatic rings. The van der Waals surface area contributed by atoms with E-state index in [0.717, 1.165) is 45.2 Å². The van der Waals surface area contributed by atoms with Gasteiger partial charge in [0.25, 0.3) is 0 Å². The summed E-state index contributed by atoms with van der Waals surface area (Å²) in [6, 6.07) is 5.63. The number of halogens is 1. The summed E-state index contributed by atoms with van der Waals surface area (Å²) in [5.41, 5.74) is 2.52. The van der Waals surface area contributed by atoms with E-state index < -0.39 is 10.0 Å². The number of aryl methyl sites for hydroxylation is 2. The molecule has 0 amide bonds. The van der Waals surface area contributed by atoms with Gasteiger partial charge in [0, 0.05) is 12.6 Å². The maximum absolute atomic E-state index is 12.4. The molecule has 6 heteroatoms. The van der Waals surface area contributed by atoms with Crippen LogP contribution in [-0.4, -0.2) is 27.5 Å². The monoisotopic (exact) mass is 330 g/mol. The first kappa shape index (κ1) is 16.7. The van der Waals surface area contributed by atoms with Crippen LogP contribution in [0.1, 0.15) is 36.8 Å². The lowest BCUT2D eigenvalue weighted by Crippen LogP contribution is -2.45. The molecule has 0 spiro atoms. The summed E-state index contributed by atoms with van der Waals surface area (Å²) in [6.07, 6.45) is 6.40. The molecule has 0 bridgehead atoms. The highest BCUT2D eigenvalue weighted by Crippen LogP contribution is 2.24. The van der Waals surface area contributed by atoms with E-state index in [1.54, 1.807) is 6.07 Å². The number of hydrogen-bond acceptors (Lipinski definition) is 3. The fourth-order valence-corrected chi connectivity index (χ4v) is 4.44. The SMILES string of the molecule is Cl.O=S(=O)(N[C@@H]1CCCNC1)c1ccc2c(c1)CCCC2. The summed E-state index contributed by atoms with van der Waals surface area (Å²) in [7, 11) is -3.38. The Bertz CT molecular complexity index is 583. The van der Waals surface area contributed by atoms with Gasteiger partial charge in [-0.25, -0.2) is 13.1 Å². The summed E-state index contributed by atoms with van der Waals surface area (Å²) in [5.74, 6) is 0. The lowest BCUT2D eigenvalue weighted by molar-refractivity contribution is 0.428. The Morgan fingerprint density at radius 2 is 1.86 bits per heavy atom. The summed E-state index contributed by atoms with van der Waals surface area (Å²) in [6.45, 7) is 1.71. The Morgan fingerprint density at radius 3 is 2.57 bits per heavy atom. The van der Waals surface area contributed by atoms with E-state index >= 15 is 0 Å². The van der Waals surface area contributed by atoms with Gasteiger partial charge in [0.2, 0.25) is 10.0 Å². The molecule has 0 unspecified atom stereocenters. The Labute approximate surface area is 133 Å². The molecule has 0 radical (unpaired) electrons. The Balaban J connectivity index is 0.00000161. The smallest absolute Gasteiger partial charge is 0.240 e. The minimum absolute atomic E-state index is 0. The maximum Gasteiger partial charge on any atom is 0.240 e. The molecule has 0 saturated carbocycles. The Morgan fingerprint density at radius 1 is 1.10 bits per heavy atom. The molecule has 1 saturated heterocycles. The number of nitrogens with one attached hydrogen (secondary N) is 2. The lowest BCUT2D eigenvalue weighted by atomic mass is 9.92. The minimum atomic E-state index is -3.38. The Hall–Kier alpha value is -0.620. The molecule has 1 fully saturated rings. The predicted molar refractivity (Wildman–Crippen MR) is 86.5 cm³/mol. The topological polar surface area (TPSA) is 58.2 Å². The second-order valence-corrected chi connectivity index (χ2v) is 7.52. The van der Waals surface area contributed by atoms with Crippen molar-refractivity contribution in [2.75, 3.05) is 13.1 Å². The van der Waals surface area contributed by atoms with E-state index in [1.807, 2.05) is 12.1 Å². The van der Waals surface area contributed by atoms with Gasteiger partial charge in [-0.05, 0) is 68.3 Å². The van der Waals surface area contributed by atoms with E-state index in [-0.39, 0.29) is 18.4 Å². The third kappa shape index (κ3) is 3.97. The van der Waals surface area contributed by atoms with Gasteiger partial charge in [-0.15, -0.1) is 12.4 Å². The van der Waals surface area contributed by atoms with Crippen LogP contribution in [0.15, 0.2) is 23.1 Å². The number of sulfonamides is 1. The third-order valence-corrected chi connectivity index (χ3v) is 5.77. The van der Waals surface area contributed by atoms with Gasteiger partial charge in [-0.1, -0.05) is 6.07 Å². The summed E-state index contributed by atoms with van der Waals surface area (Å²) in [5, 5.41) is 3.23. The lowest BCUT2D eigenvalue weighted by Gasteiger charge is -2.24. The summed E-state index contributed by atoms with van der Waals surface area (Å²) < 4.78 is 27.7. The number of rotatable bonds is 3. The molecule has 1 atom stereocenters. The van der Waals surface area contributed by atoms with E-state index in [0.29, 0.717) is 4.90 Å². The van der Waals surface area contributed by atoms with Crippen molar-refractivity contribution in [1.82, 2.24) is 10.0 Å². The minimum Gasteiger partial charge on any atom is -0.315 e. The van der Waals surface area contributed by atoms with E-state index in [1.165, 1.54) is 17.5 Å². The fraction of sp³-hybridized carbons (Fsp3) is 0.600. The number of hydrogen-bond donors (Lipinski definition) is 2. The van der Waals surface area contributed by atoms with Gasteiger partial charge in [-0.2, -0.15) is 0 Å². The molecular weight excluding hydrogens is 308 g/mol. The van der Waals surface area contributed by atoms with Crippen LogP contribution in [0.3, 0.4) is 0 Å². The van der Waals surface area contributed by atoms with Gasteiger partial charge in [0.05, 0.1) is 4.90 Å². The maximum atomic E-state index is 12.4. The van der Waals surface area contributed by atoms with Crippen LogP contribution in [-0.2, 0) is 22.9 Å². The van der Waals surface area contributed by atoms with E-state index in [2.05, 4.69) is 10.0 Å². The van der Waals surface area contributed by atoms with Crippen molar-refractivity contribution in [2.24, 2.45) is 0 Å². The molecule has 21 heavy (non-hydrogen) atoms. The average molecular weight is 331 g/mol. The highest BCUT2D eigenvalue weighted by molar-refractivity contribution is 7.89. The zero-order valence-electron chi connectivity index (χ0n) is 12.1. The van der Waals surface area contributed by atoms with Crippen LogP contribution in [0.25, 0.3) is 0 Å². The first-order valence-corrected chi connectivity index (χ1v) is 8.98. The summed E-state index contributed by atoms with van der Waals surface area (Å²) in [4.78, 5) is 0.420. The average Bonchev–Trinajstić information content (AvgIpc) is 2.47. The van der Waals surface area contributed by atoms with Gasteiger partial charge < -0.3 is 5.32 Å². The van der Waals surface area contributed by atoms with Crippen LogP contribution in [0.4, 0.5) is 0 Å². The van der Waals surface area contributed by atoms with E-state index in [9.17, 15) is 8.42 Å². The number of piperidine rings is 1. The van der Waals surface area contributed by atoms with Crippen molar-refractivity contribution in [3.63, 3.8) is 0 Å². The molecule has 118 valence electrons. The van der Waals surface area contributed by atoms with Gasteiger partial charge in [0.15, 0.2) is 0 Å². The van der Waals surface area contributed by atoms with Crippen molar-refractivity contribution in [3.05, 3.63) is 29.3 Å². The quantitative estimate of drug-likeness (QED) is 0.891. The second kappa shape index (κ2) is 7.09. The zero-order chi connectivity index (χ0) is 14.0. The van der Waals surface area contributed by atoms with Crippen LogP contribution >= 0.6 is 12.4 Å². The van der Waals surface area contributed by atoms with Crippen molar-refractivity contribution in [1.29, 1.82) is 0 Å². The van der Waals surface area contributed by atoms with Crippen molar-refractivity contribution >= 4 is 22.4 Å². The van der Waals surface area contributed by atoms with E-state index in [4.69, 9.17) is 0 Å². The summed E-state index contributed by atoms with van der Waals surface area (Å²) >= 11 is 0. The van der Waals surface area contributed by atoms with Crippen molar-refractivity contribution in [2.45, 2.75) is 49.5 Å². The van der Waals surface area contributed by atoms with Gasteiger partial charge in [0.1, 0.15) is 0 Å². The molecule has 1 aliphatic heterocycles. The standard InChI is InChI=1S/C15H22N2O2S.ClH/c18-20(19,17-14-6-3-9-16-11-14)15-8-7-12-4-1-2-5-13(12)10-15;/h7-8,10,14,16-17H,1-6,9,11H2;1H/t14-;/m1./s1. The first-order valence-electron chi connectivity index (χ1n) is 7.50. The molecule has 1 heterocycles. The van der Waals surface area contributed by atoms with Gasteiger partial charge in [-0.3, -0.25) is 0 Å². The molecule has 3 rings (SSSR count). The van der Waals surface area contributed by atoms with Crippen LogP contribution in [0.5, 0.6) is 0 Å². The number of benzene rings is 1. The van der Waals surface area contributed by atoms with Crippen molar-refractivity contribution < 1.29 is 8.42 Å². The molecule has 2 N–H and O–H groups in total. The molecule has 2 aliphatic rings. The molecule has 1 aliphatic carbocycles. The largest absolute Gasteiger partial charge is 0.315 e. The molecular formula is C15H23ClN2O2S. The normalized spacial score (nSPS) is 22.2. The molecule has 4 nitrogen and oxygen atoms in total. The van der Waals surface area contributed by atoms with Crippen LogP contribution in [0, 0.1) is 0 Å². The van der Waals surface area contributed by atoms with Crippen molar-refractivity contribution in [3.8, 4) is 0 Å². The van der Waals surface area contributed by atoms with Crippen LogP contribution < -0.4 is 10.0 Å². The first-order chi connectivity index (χ1) is 9.65. The zero-order valence-corrected chi connectivity index (χ0v) is 13.7. The third-order valence-electron chi connectivity index (χ3n) is 4.25. The highest BCUT2D eigenvalue weighted by atomic mass is 35.5. The van der Waals surface area contributed by atoms with Gasteiger partial charge >= 0.3 is 0 Å². The Kier molecular flexibility index (Phi) is 5.66. The van der Waals surface area contributed by atoms with Crippen LogP contribution in [0.2, 0.25) is 0 Å². The molecule has 0 aromatic heterocycles. The second-order valence-electron chi connectivity index (χ2n) is 5.80.